The van der Waals surface area contributed by atoms with E-state index in [1.165, 1.54) is 5.56 Å². The van der Waals surface area contributed by atoms with Gasteiger partial charge >= 0.3 is 0 Å². The molecule has 0 saturated heterocycles. The SMILES string of the molecule is CN(CCCNC(=O)CSCc1cccnc1)Cc1ccccc1. The van der Waals surface area contributed by atoms with Gasteiger partial charge in [-0.1, -0.05) is 36.4 Å². The molecule has 1 heterocycles. The van der Waals surface area contributed by atoms with Crippen LogP contribution in [0.2, 0.25) is 0 Å². The largest absolute Gasteiger partial charge is 0.355 e. The van der Waals surface area contributed by atoms with Gasteiger partial charge in [-0.25, -0.2) is 0 Å². The first-order chi connectivity index (χ1) is 11.7. The molecule has 1 aromatic heterocycles. The summed E-state index contributed by atoms with van der Waals surface area (Å²) in [4.78, 5) is 18.2. The van der Waals surface area contributed by atoms with Gasteiger partial charge in [0.25, 0.3) is 0 Å². The number of nitrogens with zero attached hydrogens (tertiary/aromatic N) is 2. The summed E-state index contributed by atoms with van der Waals surface area (Å²) in [6.45, 7) is 2.64. The van der Waals surface area contributed by atoms with Crippen molar-refractivity contribution in [2.24, 2.45) is 0 Å². The molecule has 4 nitrogen and oxygen atoms in total. The normalized spacial score (nSPS) is 10.8. The quantitative estimate of drug-likeness (QED) is 0.674. The van der Waals surface area contributed by atoms with E-state index < -0.39 is 0 Å². The summed E-state index contributed by atoms with van der Waals surface area (Å²) >= 11 is 1.62. The summed E-state index contributed by atoms with van der Waals surface area (Å²) in [5, 5.41) is 2.99. The van der Waals surface area contributed by atoms with Crippen LogP contribution in [0.1, 0.15) is 17.5 Å². The van der Waals surface area contributed by atoms with E-state index in [4.69, 9.17) is 0 Å². The minimum Gasteiger partial charge on any atom is -0.355 e. The zero-order chi connectivity index (χ0) is 17.0. The van der Waals surface area contributed by atoms with Crippen LogP contribution < -0.4 is 5.32 Å². The lowest BCUT2D eigenvalue weighted by Crippen LogP contribution is -2.29. The maximum atomic E-state index is 11.8. The van der Waals surface area contributed by atoms with Gasteiger partial charge in [0.05, 0.1) is 5.75 Å². The fourth-order valence-electron chi connectivity index (χ4n) is 2.35. The van der Waals surface area contributed by atoms with Gasteiger partial charge in [0.2, 0.25) is 5.91 Å². The zero-order valence-corrected chi connectivity index (χ0v) is 15.0. The van der Waals surface area contributed by atoms with E-state index in [2.05, 4.69) is 46.5 Å². The highest BCUT2D eigenvalue weighted by molar-refractivity contribution is 7.99. The fraction of sp³-hybridized carbons (Fsp3) is 0.368. The highest BCUT2D eigenvalue weighted by Crippen LogP contribution is 2.10. The van der Waals surface area contributed by atoms with E-state index in [1.54, 1.807) is 18.0 Å². The zero-order valence-electron chi connectivity index (χ0n) is 14.1. The Morgan fingerprint density at radius 2 is 1.96 bits per heavy atom. The Morgan fingerprint density at radius 1 is 1.17 bits per heavy atom. The maximum absolute atomic E-state index is 11.8. The third kappa shape index (κ3) is 7.62. The smallest absolute Gasteiger partial charge is 0.230 e. The minimum absolute atomic E-state index is 0.106. The fourth-order valence-corrected chi connectivity index (χ4v) is 3.14. The van der Waals surface area contributed by atoms with Crippen molar-refractivity contribution in [2.75, 3.05) is 25.9 Å². The summed E-state index contributed by atoms with van der Waals surface area (Å²) < 4.78 is 0. The van der Waals surface area contributed by atoms with Gasteiger partial charge in [0, 0.05) is 31.2 Å². The Kier molecular flexibility index (Phi) is 8.35. The van der Waals surface area contributed by atoms with E-state index in [9.17, 15) is 4.79 Å². The van der Waals surface area contributed by atoms with Gasteiger partial charge in [-0.05, 0) is 37.2 Å². The number of hydrogen-bond donors (Lipinski definition) is 1. The van der Waals surface area contributed by atoms with Crippen molar-refractivity contribution >= 4 is 17.7 Å². The molecule has 0 radical (unpaired) electrons. The average Bonchev–Trinajstić information content (AvgIpc) is 2.60. The lowest BCUT2D eigenvalue weighted by atomic mass is 10.2. The van der Waals surface area contributed by atoms with E-state index in [0.717, 1.165) is 37.4 Å². The van der Waals surface area contributed by atoms with Crippen LogP contribution in [0.3, 0.4) is 0 Å². The number of aromatic nitrogens is 1. The first-order valence-corrected chi connectivity index (χ1v) is 9.35. The molecule has 0 unspecified atom stereocenters. The molecule has 1 N–H and O–H groups in total. The first kappa shape index (κ1) is 18.5. The lowest BCUT2D eigenvalue weighted by Gasteiger charge is -2.16. The molecule has 1 aromatic carbocycles. The molecule has 2 aromatic rings. The molecule has 0 aliphatic carbocycles. The second kappa shape index (κ2) is 10.8. The molecule has 2 rings (SSSR count). The van der Waals surface area contributed by atoms with E-state index >= 15 is 0 Å². The predicted molar refractivity (Wildman–Crippen MR) is 101 cm³/mol. The van der Waals surface area contributed by atoms with Crippen molar-refractivity contribution < 1.29 is 4.79 Å². The third-order valence-electron chi connectivity index (χ3n) is 3.56. The Morgan fingerprint density at radius 3 is 2.71 bits per heavy atom. The molecule has 0 aliphatic rings. The van der Waals surface area contributed by atoms with Crippen molar-refractivity contribution in [3.05, 3.63) is 66.0 Å². The predicted octanol–water partition coefficient (Wildman–Crippen LogP) is 2.95. The van der Waals surface area contributed by atoms with Crippen LogP contribution in [0.5, 0.6) is 0 Å². The first-order valence-electron chi connectivity index (χ1n) is 8.20. The summed E-state index contributed by atoms with van der Waals surface area (Å²) in [5.74, 6) is 1.42. The van der Waals surface area contributed by atoms with Crippen LogP contribution in [-0.2, 0) is 17.1 Å². The van der Waals surface area contributed by atoms with E-state index in [-0.39, 0.29) is 5.91 Å². The molecule has 0 spiro atoms. The van der Waals surface area contributed by atoms with Crippen molar-refractivity contribution in [1.82, 2.24) is 15.2 Å². The Hall–Kier alpha value is -1.85. The average molecular weight is 343 g/mol. The van der Waals surface area contributed by atoms with Crippen LogP contribution in [0, 0.1) is 0 Å². The van der Waals surface area contributed by atoms with Gasteiger partial charge in [0.1, 0.15) is 0 Å². The minimum atomic E-state index is 0.106. The van der Waals surface area contributed by atoms with Gasteiger partial charge in [-0.15, -0.1) is 11.8 Å². The summed E-state index contributed by atoms with van der Waals surface area (Å²) in [7, 11) is 2.11. The summed E-state index contributed by atoms with van der Waals surface area (Å²) in [5.41, 5.74) is 2.47. The third-order valence-corrected chi connectivity index (χ3v) is 4.56. The maximum Gasteiger partial charge on any atom is 0.230 e. The van der Waals surface area contributed by atoms with E-state index in [1.807, 2.05) is 24.4 Å². The summed E-state index contributed by atoms with van der Waals surface area (Å²) in [6, 6.07) is 14.4. The molecule has 128 valence electrons. The molecule has 0 aliphatic heterocycles. The van der Waals surface area contributed by atoms with Crippen molar-refractivity contribution in [3.8, 4) is 0 Å². The van der Waals surface area contributed by atoms with Crippen LogP contribution in [0.15, 0.2) is 54.9 Å². The van der Waals surface area contributed by atoms with Crippen molar-refractivity contribution in [2.45, 2.75) is 18.7 Å². The Bertz CT molecular complexity index is 592. The highest BCUT2D eigenvalue weighted by Gasteiger charge is 2.03. The number of rotatable bonds is 10. The Labute approximate surface area is 148 Å². The Balaban J connectivity index is 1.51. The molecular formula is C19H25N3OS. The molecule has 5 heteroatoms. The molecule has 1 amide bonds. The van der Waals surface area contributed by atoms with Crippen LogP contribution >= 0.6 is 11.8 Å². The standard InChI is InChI=1S/C19H25N3OS/c1-22(14-17-7-3-2-4-8-17)12-6-11-21-19(23)16-24-15-18-9-5-10-20-13-18/h2-5,7-10,13H,6,11-12,14-16H2,1H3,(H,21,23). The van der Waals surface area contributed by atoms with Crippen molar-refractivity contribution in [3.63, 3.8) is 0 Å². The monoisotopic (exact) mass is 343 g/mol. The molecule has 0 fully saturated rings. The summed E-state index contributed by atoms with van der Waals surface area (Å²) in [6.07, 6.45) is 4.56. The van der Waals surface area contributed by atoms with E-state index in [0.29, 0.717) is 5.75 Å². The lowest BCUT2D eigenvalue weighted by molar-refractivity contribution is -0.118. The molecule has 0 bridgehead atoms. The van der Waals surface area contributed by atoms with Crippen LogP contribution in [0.4, 0.5) is 0 Å². The second-order valence-electron chi connectivity index (χ2n) is 5.78. The number of hydrogen-bond acceptors (Lipinski definition) is 4. The highest BCUT2D eigenvalue weighted by atomic mass is 32.2. The topological polar surface area (TPSA) is 45.2 Å². The number of carbonyl (C=O) groups is 1. The molecule has 0 atom stereocenters. The number of amides is 1. The van der Waals surface area contributed by atoms with Gasteiger partial charge in [0.15, 0.2) is 0 Å². The van der Waals surface area contributed by atoms with Crippen LogP contribution in [-0.4, -0.2) is 41.7 Å². The van der Waals surface area contributed by atoms with Crippen LogP contribution in [0.25, 0.3) is 0 Å². The second-order valence-corrected chi connectivity index (χ2v) is 6.77. The van der Waals surface area contributed by atoms with Crippen molar-refractivity contribution in [1.29, 1.82) is 0 Å². The number of pyridine rings is 1. The molecular weight excluding hydrogens is 318 g/mol. The van der Waals surface area contributed by atoms with Gasteiger partial charge in [-0.3, -0.25) is 9.78 Å². The number of carbonyl (C=O) groups excluding carboxylic acids is 1. The molecule has 24 heavy (non-hydrogen) atoms. The van der Waals surface area contributed by atoms with Gasteiger partial charge < -0.3 is 10.2 Å². The van der Waals surface area contributed by atoms with Gasteiger partial charge in [-0.2, -0.15) is 0 Å². The number of nitrogens with one attached hydrogen (secondary N) is 1. The molecule has 0 saturated carbocycles. The number of benzene rings is 1. The number of thioether (sulfide) groups is 1.